The summed E-state index contributed by atoms with van der Waals surface area (Å²) in [5.74, 6) is -1.13. The summed E-state index contributed by atoms with van der Waals surface area (Å²) in [5, 5.41) is 12.0. The Balaban J connectivity index is 1.88. The number of benzene rings is 1. The molecule has 6 nitrogen and oxygen atoms in total. The molecule has 24 heavy (non-hydrogen) atoms. The molecule has 6 heteroatoms. The maximum Gasteiger partial charge on any atom is 0.329 e. The van der Waals surface area contributed by atoms with Crippen LogP contribution in [0.1, 0.15) is 38.7 Å². The number of rotatable bonds is 7. The third kappa shape index (κ3) is 4.34. The van der Waals surface area contributed by atoms with Gasteiger partial charge < -0.3 is 15.3 Å². The van der Waals surface area contributed by atoms with Crippen LogP contribution < -0.4 is 5.32 Å². The minimum atomic E-state index is -1.13. The van der Waals surface area contributed by atoms with Crippen LogP contribution in [0.3, 0.4) is 0 Å². The predicted octanol–water partition coefficient (Wildman–Crippen LogP) is 1.79. The summed E-state index contributed by atoms with van der Waals surface area (Å²) >= 11 is 0. The first-order valence-electron chi connectivity index (χ1n) is 8.16. The predicted molar refractivity (Wildman–Crippen MR) is 89.1 cm³/mol. The van der Waals surface area contributed by atoms with Gasteiger partial charge in [0.05, 0.1) is 0 Å². The Morgan fingerprint density at radius 1 is 1.25 bits per heavy atom. The zero-order valence-electron chi connectivity index (χ0n) is 14.1. The van der Waals surface area contributed by atoms with Crippen molar-refractivity contribution in [3.63, 3.8) is 0 Å². The van der Waals surface area contributed by atoms with E-state index in [2.05, 4.69) is 5.32 Å². The Kier molecular flexibility index (Phi) is 5.59. The van der Waals surface area contributed by atoms with Gasteiger partial charge in [0.2, 0.25) is 11.8 Å². The lowest BCUT2D eigenvalue weighted by Crippen LogP contribution is -2.62. The molecule has 0 aromatic heterocycles. The largest absolute Gasteiger partial charge is 0.480 e. The third-order valence-electron chi connectivity index (χ3n) is 4.45. The smallest absolute Gasteiger partial charge is 0.329 e. The van der Waals surface area contributed by atoms with Gasteiger partial charge in [-0.2, -0.15) is 0 Å². The summed E-state index contributed by atoms with van der Waals surface area (Å²) in [6.45, 7) is 4.13. The van der Waals surface area contributed by atoms with Crippen LogP contribution in [0.15, 0.2) is 30.3 Å². The van der Waals surface area contributed by atoms with Crippen molar-refractivity contribution in [2.24, 2.45) is 5.92 Å². The van der Waals surface area contributed by atoms with Crippen molar-refractivity contribution in [1.29, 1.82) is 0 Å². The lowest BCUT2D eigenvalue weighted by atomic mass is 9.69. The molecule has 0 heterocycles. The van der Waals surface area contributed by atoms with Crippen LogP contribution in [0.4, 0.5) is 0 Å². The van der Waals surface area contributed by atoms with Crippen molar-refractivity contribution in [2.45, 2.75) is 45.2 Å². The zero-order chi connectivity index (χ0) is 17.7. The standard InChI is InChI=1S/C18H24N2O4/c1-13-10-18(11-13,17(23)24)19-16(22)8-9-20(14(2)21)12-15-6-4-3-5-7-15/h3-7,13H,8-12H2,1-2H3,(H,19,22)(H,23,24). The van der Waals surface area contributed by atoms with E-state index in [9.17, 15) is 19.5 Å². The molecule has 0 spiro atoms. The van der Waals surface area contributed by atoms with Crippen molar-refractivity contribution in [1.82, 2.24) is 10.2 Å². The van der Waals surface area contributed by atoms with Gasteiger partial charge in [-0.05, 0) is 24.3 Å². The Morgan fingerprint density at radius 2 is 1.88 bits per heavy atom. The molecule has 130 valence electrons. The van der Waals surface area contributed by atoms with Gasteiger partial charge in [0, 0.05) is 26.4 Å². The van der Waals surface area contributed by atoms with Gasteiger partial charge in [0.1, 0.15) is 5.54 Å². The van der Waals surface area contributed by atoms with Gasteiger partial charge in [0.15, 0.2) is 0 Å². The molecule has 0 saturated heterocycles. The summed E-state index contributed by atoms with van der Waals surface area (Å²) in [7, 11) is 0. The molecule has 2 amide bonds. The van der Waals surface area contributed by atoms with Crippen LogP contribution in [-0.4, -0.2) is 39.9 Å². The molecule has 1 aliphatic carbocycles. The molecule has 1 saturated carbocycles. The van der Waals surface area contributed by atoms with Crippen LogP contribution in [0.25, 0.3) is 0 Å². The first kappa shape index (κ1) is 18.0. The highest BCUT2D eigenvalue weighted by molar-refractivity contribution is 5.88. The van der Waals surface area contributed by atoms with Gasteiger partial charge in [-0.25, -0.2) is 4.79 Å². The highest BCUT2D eigenvalue weighted by Crippen LogP contribution is 2.37. The number of carbonyl (C=O) groups is 3. The van der Waals surface area contributed by atoms with Crippen molar-refractivity contribution >= 4 is 17.8 Å². The van der Waals surface area contributed by atoms with Gasteiger partial charge in [-0.1, -0.05) is 37.3 Å². The number of nitrogens with one attached hydrogen (secondary N) is 1. The van der Waals surface area contributed by atoms with E-state index in [1.807, 2.05) is 37.3 Å². The molecule has 1 aliphatic rings. The van der Waals surface area contributed by atoms with Gasteiger partial charge in [0.25, 0.3) is 0 Å². The fourth-order valence-electron chi connectivity index (χ4n) is 3.18. The van der Waals surface area contributed by atoms with Crippen molar-refractivity contribution in [3.8, 4) is 0 Å². The van der Waals surface area contributed by atoms with E-state index in [0.29, 0.717) is 25.3 Å². The summed E-state index contributed by atoms with van der Waals surface area (Å²) < 4.78 is 0. The Morgan fingerprint density at radius 3 is 2.38 bits per heavy atom. The second kappa shape index (κ2) is 7.47. The Bertz CT molecular complexity index is 609. The molecular weight excluding hydrogens is 308 g/mol. The second-order valence-corrected chi connectivity index (χ2v) is 6.63. The molecular formula is C18H24N2O4. The zero-order valence-corrected chi connectivity index (χ0v) is 14.1. The number of hydrogen-bond acceptors (Lipinski definition) is 3. The lowest BCUT2D eigenvalue weighted by Gasteiger charge is -2.43. The fourth-order valence-corrected chi connectivity index (χ4v) is 3.18. The third-order valence-corrected chi connectivity index (χ3v) is 4.45. The van der Waals surface area contributed by atoms with E-state index in [-0.39, 0.29) is 24.8 Å². The number of carboxylic acid groups (broad SMARTS) is 1. The molecule has 1 fully saturated rings. The van der Waals surface area contributed by atoms with Gasteiger partial charge in [-0.3, -0.25) is 9.59 Å². The monoisotopic (exact) mass is 332 g/mol. The molecule has 2 N–H and O–H groups in total. The molecule has 0 bridgehead atoms. The first-order chi connectivity index (χ1) is 11.3. The highest BCUT2D eigenvalue weighted by atomic mass is 16.4. The topological polar surface area (TPSA) is 86.7 Å². The van der Waals surface area contributed by atoms with Crippen molar-refractivity contribution < 1.29 is 19.5 Å². The Labute approximate surface area is 141 Å². The van der Waals surface area contributed by atoms with Crippen LogP contribution >= 0.6 is 0 Å². The normalized spacial score (nSPS) is 22.3. The fraction of sp³-hybridized carbons (Fsp3) is 0.500. The van der Waals surface area contributed by atoms with Crippen LogP contribution in [-0.2, 0) is 20.9 Å². The van der Waals surface area contributed by atoms with E-state index in [1.165, 1.54) is 6.92 Å². The molecule has 2 rings (SSSR count). The SMILES string of the molecule is CC(=O)N(CCC(=O)NC1(C(=O)O)CC(C)C1)Cc1ccccc1. The molecule has 0 aliphatic heterocycles. The van der Waals surface area contributed by atoms with Crippen molar-refractivity contribution in [2.75, 3.05) is 6.54 Å². The summed E-state index contributed by atoms with van der Waals surface area (Å²) in [6, 6.07) is 9.54. The first-order valence-corrected chi connectivity index (χ1v) is 8.16. The number of nitrogens with zero attached hydrogens (tertiary/aromatic N) is 1. The minimum absolute atomic E-state index is 0.0931. The van der Waals surface area contributed by atoms with Gasteiger partial charge in [-0.15, -0.1) is 0 Å². The average Bonchev–Trinajstić information content (AvgIpc) is 2.50. The summed E-state index contributed by atoms with van der Waals surface area (Å²) in [6.07, 6.45) is 0.999. The highest BCUT2D eigenvalue weighted by Gasteiger charge is 2.49. The molecule has 0 radical (unpaired) electrons. The van der Waals surface area contributed by atoms with Crippen LogP contribution in [0.5, 0.6) is 0 Å². The number of carboxylic acids is 1. The Hall–Kier alpha value is -2.37. The van der Waals surface area contributed by atoms with E-state index < -0.39 is 11.5 Å². The van der Waals surface area contributed by atoms with E-state index in [4.69, 9.17) is 0 Å². The summed E-state index contributed by atoms with van der Waals surface area (Å²) in [5.41, 5.74) is -0.139. The lowest BCUT2D eigenvalue weighted by molar-refractivity contribution is -0.154. The van der Waals surface area contributed by atoms with Crippen molar-refractivity contribution in [3.05, 3.63) is 35.9 Å². The average molecular weight is 332 g/mol. The second-order valence-electron chi connectivity index (χ2n) is 6.63. The van der Waals surface area contributed by atoms with Crippen LogP contribution in [0.2, 0.25) is 0 Å². The number of carbonyl (C=O) groups excluding carboxylic acids is 2. The molecule has 0 unspecified atom stereocenters. The minimum Gasteiger partial charge on any atom is -0.480 e. The van der Waals surface area contributed by atoms with Crippen LogP contribution in [0, 0.1) is 5.92 Å². The molecule has 0 atom stereocenters. The van der Waals surface area contributed by atoms with E-state index >= 15 is 0 Å². The number of hydrogen-bond donors (Lipinski definition) is 2. The maximum absolute atomic E-state index is 12.1. The van der Waals surface area contributed by atoms with E-state index in [0.717, 1.165) is 5.56 Å². The number of amides is 2. The molecule has 1 aromatic carbocycles. The van der Waals surface area contributed by atoms with Gasteiger partial charge >= 0.3 is 5.97 Å². The van der Waals surface area contributed by atoms with E-state index in [1.54, 1.807) is 4.90 Å². The summed E-state index contributed by atoms with van der Waals surface area (Å²) in [4.78, 5) is 36.9. The molecule has 1 aromatic rings. The quantitative estimate of drug-likeness (QED) is 0.797. The maximum atomic E-state index is 12.1. The number of aliphatic carboxylic acids is 1.